The molecule has 2 heterocycles. The maximum atomic E-state index is 12.7. The highest BCUT2D eigenvalue weighted by Gasteiger charge is 2.16. The molecule has 1 aliphatic rings. The predicted octanol–water partition coefficient (Wildman–Crippen LogP) is 3.47. The van der Waals surface area contributed by atoms with Crippen LogP contribution in [0.15, 0.2) is 41.7 Å². The van der Waals surface area contributed by atoms with Gasteiger partial charge in [-0.15, -0.1) is 0 Å². The fourth-order valence-corrected chi connectivity index (χ4v) is 3.57. The molecular formula is C20H26N4OS. The molecule has 26 heavy (non-hydrogen) atoms. The van der Waals surface area contributed by atoms with Gasteiger partial charge in [-0.05, 0) is 45.2 Å². The lowest BCUT2D eigenvalue weighted by Crippen LogP contribution is -2.33. The first-order valence-corrected chi connectivity index (χ1v) is 10.5. The minimum Gasteiger partial charge on any atom is -0.352 e. The maximum Gasteiger partial charge on any atom is 0.255 e. The summed E-state index contributed by atoms with van der Waals surface area (Å²) in [5.41, 5.74) is 2.16. The van der Waals surface area contributed by atoms with E-state index in [-0.39, 0.29) is 5.91 Å². The molecule has 5 nitrogen and oxygen atoms in total. The van der Waals surface area contributed by atoms with Gasteiger partial charge in [0.25, 0.3) is 5.91 Å². The zero-order valence-electron chi connectivity index (χ0n) is 15.3. The number of likely N-dealkylation sites (tertiary alicyclic amines) is 1. The Hall–Kier alpha value is -1.92. The monoisotopic (exact) mass is 370 g/mol. The molecule has 1 fully saturated rings. The van der Waals surface area contributed by atoms with Crippen LogP contribution in [0.1, 0.15) is 36.0 Å². The summed E-state index contributed by atoms with van der Waals surface area (Å²) in [5, 5.41) is 3.71. The second-order valence-electron chi connectivity index (χ2n) is 6.50. The van der Waals surface area contributed by atoms with Gasteiger partial charge in [-0.25, -0.2) is 9.97 Å². The van der Waals surface area contributed by atoms with Crippen LogP contribution in [0.5, 0.6) is 0 Å². The highest BCUT2D eigenvalue weighted by Crippen LogP contribution is 2.23. The Bertz CT molecular complexity index is 717. The molecule has 0 bridgehead atoms. The molecule has 0 aliphatic carbocycles. The van der Waals surface area contributed by atoms with Crippen LogP contribution in [0.3, 0.4) is 0 Å². The van der Waals surface area contributed by atoms with Crippen molar-refractivity contribution < 1.29 is 4.79 Å². The van der Waals surface area contributed by atoms with E-state index in [1.54, 1.807) is 6.20 Å². The normalized spacial score (nSPS) is 15.0. The minimum absolute atomic E-state index is 0.102. The third kappa shape index (κ3) is 5.05. The van der Waals surface area contributed by atoms with Crippen molar-refractivity contribution >= 4 is 17.7 Å². The van der Waals surface area contributed by atoms with E-state index >= 15 is 0 Å². The number of rotatable bonds is 7. The fraction of sp³-hybridized carbons (Fsp3) is 0.450. The van der Waals surface area contributed by atoms with Gasteiger partial charge in [0, 0.05) is 18.3 Å². The minimum atomic E-state index is -0.102. The molecule has 1 amide bonds. The molecule has 1 saturated heterocycles. The Balaban J connectivity index is 1.63. The number of nitrogens with zero attached hydrogens (tertiary/aromatic N) is 3. The number of carbonyl (C=O) groups is 1. The number of piperidine rings is 1. The number of hydrogen-bond donors (Lipinski definition) is 1. The molecule has 1 aromatic heterocycles. The first-order chi connectivity index (χ1) is 12.8. The summed E-state index contributed by atoms with van der Waals surface area (Å²) in [5.74, 6) is -0.102. The lowest BCUT2D eigenvalue weighted by Gasteiger charge is -2.26. The van der Waals surface area contributed by atoms with Gasteiger partial charge in [-0.2, -0.15) is 0 Å². The van der Waals surface area contributed by atoms with Gasteiger partial charge >= 0.3 is 0 Å². The van der Waals surface area contributed by atoms with Crippen molar-refractivity contribution in [1.29, 1.82) is 0 Å². The lowest BCUT2D eigenvalue weighted by atomic mass is 10.1. The molecule has 1 N–H and O–H groups in total. The average Bonchev–Trinajstić information content (AvgIpc) is 2.72. The van der Waals surface area contributed by atoms with Gasteiger partial charge in [-0.3, -0.25) is 4.79 Å². The Labute approximate surface area is 159 Å². The molecule has 0 radical (unpaired) electrons. The van der Waals surface area contributed by atoms with Crippen molar-refractivity contribution in [3.05, 3.63) is 42.1 Å². The van der Waals surface area contributed by atoms with Gasteiger partial charge in [0.2, 0.25) is 0 Å². The summed E-state index contributed by atoms with van der Waals surface area (Å²) in [4.78, 5) is 24.0. The van der Waals surface area contributed by atoms with Gasteiger partial charge in [0.1, 0.15) is 0 Å². The van der Waals surface area contributed by atoms with Gasteiger partial charge in [0.15, 0.2) is 5.16 Å². The first-order valence-electron chi connectivity index (χ1n) is 9.25. The van der Waals surface area contributed by atoms with E-state index in [1.165, 1.54) is 44.1 Å². The number of benzene rings is 1. The number of hydrogen-bond acceptors (Lipinski definition) is 5. The standard InChI is InChI=1S/C20H26N4OS/c1-26-20-22-15-17(18(23-20)16-9-4-2-5-10-16)19(25)21-11-8-14-24-12-6-3-7-13-24/h2,4-5,9-10,15H,3,6-8,11-14H2,1H3,(H,21,25). The molecule has 138 valence electrons. The Kier molecular flexibility index (Phi) is 7.03. The second kappa shape index (κ2) is 9.69. The number of thioether (sulfide) groups is 1. The van der Waals surface area contributed by atoms with Crippen LogP contribution in [0.2, 0.25) is 0 Å². The van der Waals surface area contributed by atoms with Crippen molar-refractivity contribution in [1.82, 2.24) is 20.2 Å². The second-order valence-corrected chi connectivity index (χ2v) is 7.27. The van der Waals surface area contributed by atoms with E-state index in [0.717, 1.165) is 18.5 Å². The number of amides is 1. The fourth-order valence-electron chi connectivity index (χ4n) is 3.23. The summed E-state index contributed by atoms with van der Waals surface area (Å²) >= 11 is 1.48. The van der Waals surface area contributed by atoms with Crippen molar-refractivity contribution in [3.63, 3.8) is 0 Å². The molecule has 1 aromatic carbocycles. The van der Waals surface area contributed by atoms with Gasteiger partial charge < -0.3 is 10.2 Å². The zero-order valence-corrected chi connectivity index (χ0v) is 16.1. The topological polar surface area (TPSA) is 58.1 Å². The maximum absolute atomic E-state index is 12.7. The quantitative estimate of drug-likeness (QED) is 0.459. The van der Waals surface area contributed by atoms with E-state index in [2.05, 4.69) is 20.2 Å². The number of carbonyl (C=O) groups excluding carboxylic acids is 1. The Morgan fingerprint density at radius 3 is 2.69 bits per heavy atom. The molecule has 0 unspecified atom stereocenters. The van der Waals surface area contributed by atoms with Crippen LogP contribution < -0.4 is 5.32 Å². The highest BCUT2D eigenvalue weighted by molar-refractivity contribution is 7.98. The number of aromatic nitrogens is 2. The van der Waals surface area contributed by atoms with Crippen LogP contribution in [-0.2, 0) is 0 Å². The summed E-state index contributed by atoms with van der Waals surface area (Å²) in [6.07, 6.45) is 8.49. The molecule has 3 rings (SSSR count). The van der Waals surface area contributed by atoms with Crippen LogP contribution >= 0.6 is 11.8 Å². The van der Waals surface area contributed by atoms with Crippen LogP contribution in [0, 0.1) is 0 Å². The van der Waals surface area contributed by atoms with E-state index in [9.17, 15) is 4.79 Å². The van der Waals surface area contributed by atoms with E-state index in [0.29, 0.717) is 23.0 Å². The van der Waals surface area contributed by atoms with E-state index < -0.39 is 0 Å². The predicted molar refractivity (Wildman–Crippen MR) is 106 cm³/mol. The van der Waals surface area contributed by atoms with Crippen LogP contribution in [0.4, 0.5) is 0 Å². The van der Waals surface area contributed by atoms with Gasteiger partial charge in [0.05, 0.1) is 11.3 Å². The number of nitrogens with one attached hydrogen (secondary N) is 1. The van der Waals surface area contributed by atoms with Crippen molar-refractivity contribution in [3.8, 4) is 11.3 Å². The van der Waals surface area contributed by atoms with E-state index in [4.69, 9.17) is 0 Å². The van der Waals surface area contributed by atoms with Crippen LogP contribution in [0.25, 0.3) is 11.3 Å². The highest BCUT2D eigenvalue weighted by atomic mass is 32.2. The van der Waals surface area contributed by atoms with Crippen molar-refractivity contribution in [2.75, 3.05) is 32.4 Å². The summed E-state index contributed by atoms with van der Waals surface area (Å²) in [7, 11) is 0. The lowest BCUT2D eigenvalue weighted by molar-refractivity contribution is 0.0951. The summed E-state index contributed by atoms with van der Waals surface area (Å²) < 4.78 is 0. The first kappa shape index (κ1) is 18.9. The third-order valence-corrected chi connectivity index (χ3v) is 5.19. The van der Waals surface area contributed by atoms with Crippen molar-refractivity contribution in [2.24, 2.45) is 0 Å². The summed E-state index contributed by atoms with van der Waals surface area (Å²) in [6, 6.07) is 9.81. The molecule has 0 spiro atoms. The average molecular weight is 371 g/mol. The zero-order chi connectivity index (χ0) is 18.2. The Morgan fingerprint density at radius 2 is 1.96 bits per heavy atom. The molecular weight excluding hydrogens is 344 g/mol. The van der Waals surface area contributed by atoms with Crippen LogP contribution in [-0.4, -0.2) is 53.2 Å². The summed E-state index contributed by atoms with van der Waals surface area (Å²) in [6.45, 7) is 4.10. The Morgan fingerprint density at radius 1 is 1.19 bits per heavy atom. The smallest absolute Gasteiger partial charge is 0.255 e. The third-order valence-electron chi connectivity index (χ3n) is 4.63. The van der Waals surface area contributed by atoms with Gasteiger partial charge in [-0.1, -0.05) is 48.5 Å². The molecule has 6 heteroatoms. The molecule has 0 saturated carbocycles. The largest absolute Gasteiger partial charge is 0.352 e. The molecule has 2 aromatic rings. The van der Waals surface area contributed by atoms with E-state index in [1.807, 2.05) is 36.6 Å². The molecule has 0 atom stereocenters. The SMILES string of the molecule is CSc1ncc(C(=O)NCCCN2CCCCC2)c(-c2ccccc2)n1. The van der Waals surface area contributed by atoms with Crippen molar-refractivity contribution in [2.45, 2.75) is 30.8 Å². The molecule has 1 aliphatic heterocycles.